The Morgan fingerprint density at radius 3 is 2.45 bits per heavy atom. The van der Waals surface area contributed by atoms with Crippen molar-refractivity contribution in [1.29, 1.82) is 0 Å². The van der Waals surface area contributed by atoms with Gasteiger partial charge in [-0.3, -0.25) is 4.79 Å². The van der Waals surface area contributed by atoms with Crippen molar-refractivity contribution in [2.75, 3.05) is 39.4 Å². The molecule has 1 fully saturated rings. The molecule has 174 valence electrons. The lowest BCUT2D eigenvalue weighted by atomic mass is 10.1. The number of fused-ring (bicyclic) bond motifs is 2. The molecule has 1 aromatic heterocycles. The van der Waals surface area contributed by atoms with Crippen molar-refractivity contribution in [3.8, 4) is 11.5 Å². The minimum atomic E-state index is -3.74. The summed E-state index contributed by atoms with van der Waals surface area (Å²) >= 11 is 6.20. The number of sulfonamides is 1. The standard InChI is InChI=1S/C23H23ClN2O6S/c1-15-17-4-2-5-18(24)22(17)32-21(15)23(27)25-8-10-26(11-9-25)33(28,29)16-6-7-19-20(14-16)31-13-3-12-30-19/h2,4-7,14H,3,8-13H2,1H3. The van der Waals surface area contributed by atoms with Gasteiger partial charge >= 0.3 is 0 Å². The van der Waals surface area contributed by atoms with Crippen LogP contribution >= 0.6 is 11.6 Å². The number of hydrogen-bond acceptors (Lipinski definition) is 6. The molecule has 2 aliphatic heterocycles. The van der Waals surface area contributed by atoms with Gasteiger partial charge in [0.2, 0.25) is 10.0 Å². The first kappa shape index (κ1) is 22.1. The molecule has 0 spiro atoms. The number of furan rings is 1. The van der Waals surface area contributed by atoms with Gasteiger partial charge in [0.1, 0.15) is 0 Å². The Bertz CT molecular complexity index is 1330. The van der Waals surface area contributed by atoms with E-state index in [2.05, 4.69) is 0 Å². The van der Waals surface area contributed by atoms with E-state index in [0.717, 1.165) is 17.4 Å². The van der Waals surface area contributed by atoms with Gasteiger partial charge in [-0.2, -0.15) is 4.31 Å². The average Bonchev–Trinajstić information content (AvgIpc) is 3.00. The zero-order valence-corrected chi connectivity index (χ0v) is 19.6. The molecule has 2 aromatic carbocycles. The third-order valence-corrected chi connectivity index (χ3v) is 8.18. The second-order valence-electron chi connectivity index (χ2n) is 8.03. The highest BCUT2D eigenvalue weighted by molar-refractivity contribution is 7.89. The number of hydrogen-bond donors (Lipinski definition) is 0. The van der Waals surface area contributed by atoms with Crippen LogP contribution in [0.25, 0.3) is 11.0 Å². The van der Waals surface area contributed by atoms with E-state index in [0.29, 0.717) is 35.3 Å². The van der Waals surface area contributed by atoms with Crippen LogP contribution in [-0.4, -0.2) is 62.9 Å². The molecule has 10 heteroatoms. The summed E-state index contributed by atoms with van der Waals surface area (Å²) in [6.07, 6.45) is 0.740. The fraction of sp³-hybridized carbons (Fsp3) is 0.348. The van der Waals surface area contributed by atoms with Crippen LogP contribution in [0.2, 0.25) is 5.02 Å². The SMILES string of the molecule is Cc1c(C(=O)N2CCN(S(=O)(=O)c3ccc4c(c3)OCCCO4)CC2)oc2c(Cl)cccc12. The summed E-state index contributed by atoms with van der Waals surface area (Å²) in [5.41, 5.74) is 1.20. The molecule has 8 nitrogen and oxygen atoms in total. The van der Waals surface area contributed by atoms with Crippen molar-refractivity contribution >= 4 is 38.5 Å². The van der Waals surface area contributed by atoms with Crippen LogP contribution in [-0.2, 0) is 10.0 Å². The predicted molar refractivity (Wildman–Crippen MR) is 123 cm³/mol. The smallest absolute Gasteiger partial charge is 0.289 e. The predicted octanol–water partition coefficient (Wildman–Crippen LogP) is 3.70. The van der Waals surface area contributed by atoms with E-state index >= 15 is 0 Å². The first-order valence-electron chi connectivity index (χ1n) is 10.7. The van der Waals surface area contributed by atoms with Gasteiger partial charge in [-0.15, -0.1) is 0 Å². The average molecular weight is 491 g/mol. The van der Waals surface area contributed by atoms with Crippen molar-refractivity contribution in [2.24, 2.45) is 0 Å². The number of aryl methyl sites for hydroxylation is 1. The molecule has 0 saturated carbocycles. The number of amides is 1. The Labute approximate surface area is 196 Å². The van der Waals surface area contributed by atoms with Crippen LogP contribution in [0, 0.1) is 6.92 Å². The maximum Gasteiger partial charge on any atom is 0.289 e. The Balaban J connectivity index is 1.32. The number of ether oxygens (including phenoxy) is 2. The van der Waals surface area contributed by atoms with E-state index in [1.54, 1.807) is 17.0 Å². The Morgan fingerprint density at radius 2 is 1.73 bits per heavy atom. The lowest BCUT2D eigenvalue weighted by molar-refractivity contribution is 0.0667. The van der Waals surface area contributed by atoms with Crippen molar-refractivity contribution in [3.05, 3.63) is 52.7 Å². The zero-order valence-electron chi connectivity index (χ0n) is 18.0. The number of carbonyl (C=O) groups excluding carboxylic acids is 1. The summed E-state index contributed by atoms with van der Waals surface area (Å²) in [5.74, 6) is 0.939. The fourth-order valence-corrected chi connectivity index (χ4v) is 5.79. The van der Waals surface area contributed by atoms with Crippen LogP contribution in [0.1, 0.15) is 22.5 Å². The molecule has 2 aliphatic rings. The van der Waals surface area contributed by atoms with E-state index in [4.69, 9.17) is 25.5 Å². The second kappa shape index (κ2) is 8.55. The van der Waals surface area contributed by atoms with Crippen molar-refractivity contribution in [3.63, 3.8) is 0 Å². The molecule has 1 saturated heterocycles. The summed E-state index contributed by atoms with van der Waals surface area (Å²) in [6, 6.07) is 10.0. The maximum absolute atomic E-state index is 13.2. The van der Waals surface area contributed by atoms with Gasteiger partial charge in [0.05, 0.1) is 23.1 Å². The third kappa shape index (κ3) is 3.94. The van der Waals surface area contributed by atoms with Crippen LogP contribution in [0.3, 0.4) is 0 Å². The zero-order chi connectivity index (χ0) is 23.2. The van der Waals surface area contributed by atoms with Crippen LogP contribution < -0.4 is 9.47 Å². The van der Waals surface area contributed by atoms with E-state index in [1.807, 2.05) is 19.1 Å². The number of carbonyl (C=O) groups is 1. The van der Waals surface area contributed by atoms with Gasteiger partial charge in [0.25, 0.3) is 5.91 Å². The second-order valence-corrected chi connectivity index (χ2v) is 10.4. The molecular formula is C23H23ClN2O6S. The normalized spacial score (nSPS) is 17.2. The van der Waals surface area contributed by atoms with Crippen molar-refractivity contribution < 1.29 is 27.1 Å². The largest absolute Gasteiger partial charge is 0.490 e. The summed E-state index contributed by atoms with van der Waals surface area (Å²) in [7, 11) is -3.74. The molecule has 1 amide bonds. The molecular weight excluding hydrogens is 468 g/mol. The molecule has 3 heterocycles. The van der Waals surface area contributed by atoms with Crippen LogP contribution in [0.5, 0.6) is 11.5 Å². The molecule has 3 aromatic rings. The number of halogens is 1. The number of benzene rings is 2. The van der Waals surface area contributed by atoms with Gasteiger partial charge in [0.15, 0.2) is 22.8 Å². The number of para-hydroxylation sites is 1. The quantitative estimate of drug-likeness (QED) is 0.556. The minimum absolute atomic E-state index is 0.147. The van der Waals surface area contributed by atoms with Crippen molar-refractivity contribution in [1.82, 2.24) is 9.21 Å². The Kier molecular flexibility index (Phi) is 5.72. The van der Waals surface area contributed by atoms with Crippen LogP contribution in [0.15, 0.2) is 45.7 Å². The third-order valence-electron chi connectivity index (χ3n) is 5.99. The highest BCUT2D eigenvalue weighted by Gasteiger charge is 2.33. The summed E-state index contributed by atoms with van der Waals surface area (Å²) in [4.78, 5) is 14.9. The fourth-order valence-electron chi connectivity index (χ4n) is 4.14. The van der Waals surface area contributed by atoms with Gasteiger partial charge in [-0.25, -0.2) is 8.42 Å². The van der Waals surface area contributed by atoms with E-state index in [1.165, 1.54) is 16.4 Å². The number of rotatable bonds is 3. The number of nitrogens with zero attached hydrogens (tertiary/aromatic N) is 2. The van der Waals surface area contributed by atoms with E-state index < -0.39 is 10.0 Å². The van der Waals surface area contributed by atoms with Crippen molar-refractivity contribution in [2.45, 2.75) is 18.2 Å². The Morgan fingerprint density at radius 1 is 1.00 bits per heavy atom. The van der Waals surface area contributed by atoms with E-state index in [9.17, 15) is 13.2 Å². The first-order valence-corrected chi connectivity index (χ1v) is 12.5. The van der Waals surface area contributed by atoms with Gasteiger partial charge in [0, 0.05) is 49.6 Å². The molecule has 0 N–H and O–H groups in total. The lowest BCUT2D eigenvalue weighted by Gasteiger charge is -2.33. The summed E-state index contributed by atoms with van der Waals surface area (Å²) in [5, 5.41) is 1.24. The molecule has 0 bridgehead atoms. The topological polar surface area (TPSA) is 89.3 Å². The molecule has 33 heavy (non-hydrogen) atoms. The Hall–Kier alpha value is -2.75. The van der Waals surface area contributed by atoms with Gasteiger partial charge in [-0.05, 0) is 25.1 Å². The molecule has 0 atom stereocenters. The highest BCUT2D eigenvalue weighted by atomic mass is 35.5. The van der Waals surface area contributed by atoms with Gasteiger partial charge in [-0.1, -0.05) is 23.7 Å². The van der Waals surface area contributed by atoms with E-state index in [-0.39, 0.29) is 42.7 Å². The first-order chi connectivity index (χ1) is 15.9. The molecule has 0 unspecified atom stereocenters. The summed E-state index contributed by atoms with van der Waals surface area (Å²) < 4.78 is 44.8. The minimum Gasteiger partial charge on any atom is -0.490 e. The lowest BCUT2D eigenvalue weighted by Crippen LogP contribution is -2.50. The molecule has 0 radical (unpaired) electrons. The van der Waals surface area contributed by atoms with Gasteiger partial charge < -0.3 is 18.8 Å². The summed E-state index contributed by atoms with van der Waals surface area (Å²) in [6.45, 7) is 3.71. The molecule has 0 aliphatic carbocycles. The maximum atomic E-state index is 13.2. The monoisotopic (exact) mass is 490 g/mol. The highest BCUT2D eigenvalue weighted by Crippen LogP contribution is 2.34. The number of piperazine rings is 1. The van der Waals surface area contributed by atoms with Crippen LogP contribution in [0.4, 0.5) is 0 Å². The molecule has 5 rings (SSSR count).